The highest BCUT2D eigenvalue weighted by Crippen LogP contribution is 2.31. The Hall–Kier alpha value is -2.66. The van der Waals surface area contributed by atoms with Gasteiger partial charge in [-0.1, -0.05) is 30.3 Å². The average Bonchev–Trinajstić information content (AvgIpc) is 3.01. The average molecular weight is 339 g/mol. The lowest BCUT2D eigenvalue weighted by Gasteiger charge is -2.10. The highest BCUT2D eigenvalue weighted by Gasteiger charge is 2.12. The summed E-state index contributed by atoms with van der Waals surface area (Å²) >= 11 is 1.61. The normalized spacial score (nSPS) is 10.4. The van der Waals surface area contributed by atoms with Gasteiger partial charge in [0.1, 0.15) is 17.9 Å². The van der Waals surface area contributed by atoms with Gasteiger partial charge in [-0.05, 0) is 25.1 Å². The molecule has 1 aromatic heterocycles. The lowest BCUT2D eigenvalue weighted by atomic mass is 10.2. The molecule has 3 aromatic rings. The smallest absolute Gasteiger partial charge is 0.162 e. The van der Waals surface area contributed by atoms with Gasteiger partial charge in [0, 0.05) is 11.1 Å². The molecule has 3 rings (SSSR count). The van der Waals surface area contributed by atoms with E-state index >= 15 is 0 Å². The number of aryl methyl sites for hydroxylation is 1. The van der Waals surface area contributed by atoms with E-state index in [2.05, 4.69) is 4.98 Å². The summed E-state index contributed by atoms with van der Waals surface area (Å²) in [7, 11) is 1.58. The monoisotopic (exact) mass is 339 g/mol. The summed E-state index contributed by atoms with van der Waals surface area (Å²) in [6.07, 6.45) is 0.789. The van der Waals surface area contributed by atoms with E-state index in [1.165, 1.54) is 0 Å². The third kappa shape index (κ3) is 3.46. The minimum absolute atomic E-state index is 0.384. The van der Waals surface area contributed by atoms with E-state index in [-0.39, 0.29) is 0 Å². The molecular formula is C19H17NO3S. The lowest BCUT2D eigenvalue weighted by Crippen LogP contribution is -1.98. The molecule has 4 nitrogen and oxygen atoms in total. The van der Waals surface area contributed by atoms with Crippen LogP contribution in [0.2, 0.25) is 0 Å². The van der Waals surface area contributed by atoms with Crippen LogP contribution in [0.1, 0.15) is 20.9 Å². The van der Waals surface area contributed by atoms with Gasteiger partial charge in [-0.2, -0.15) is 0 Å². The molecular weight excluding hydrogens is 322 g/mol. The first-order valence-electron chi connectivity index (χ1n) is 7.49. The second kappa shape index (κ2) is 7.27. The summed E-state index contributed by atoms with van der Waals surface area (Å²) in [6.45, 7) is 2.36. The van der Waals surface area contributed by atoms with Gasteiger partial charge >= 0.3 is 0 Å². The molecule has 122 valence electrons. The van der Waals surface area contributed by atoms with Gasteiger partial charge in [0.05, 0.1) is 17.7 Å². The Morgan fingerprint density at radius 1 is 1.12 bits per heavy atom. The van der Waals surface area contributed by atoms with E-state index in [0.29, 0.717) is 23.7 Å². The third-order valence-corrected chi connectivity index (χ3v) is 4.78. The second-order valence-electron chi connectivity index (χ2n) is 5.21. The molecule has 0 amide bonds. The number of hydrogen-bond acceptors (Lipinski definition) is 5. The molecule has 0 bridgehead atoms. The van der Waals surface area contributed by atoms with Crippen molar-refractivity contribution in [2.24, 2.45) is 0 Å². The summed E-state index contributed by atoms with van der Waals surface area (Å²) < 4.78 is 11.2. The van der Waals surface area contributed by atoms with Crippen LogP contribution in [-0.2, 0) is 6.61 Å². The van der Waals surface area contributed by atoms with Crippen molar-refractivity contribution in [3.05, 3.63) is 64.7 Å². The first-order chi connectivity index (χ1) is 11.7. The summed E-state index contributed by atoms with van der Waals surface area (Å²) in [5, 5.41) is 0.973. The minimum Gasteiger partial charge on any atom is -0.493 e. The van der Waals surface area contributed by atoms with Gasteiger partial charge in [0.2, 0.25) is 0 Å². The largest absolute Gasteiger partial charge is 0.493 e. The van der Waals surface area contributed by atoms with Crippen molar-refractivity contribution in [3.8, 4) is 22.1 Å². The minimum atomic E-state index is 0.384. The van der Waals surface area contributed by atoms with Crippen molar-refractivity contribution in [3.63, 3.8) is 0 Å². The fraction of sp³-hybridized carbons (Fsp3) is 0.158. The summed E-state index contributed by atoms with van der Waals surface area (Å²) in [4.78, 5) is 16.6. The number of aromatic nitrogens is 1. The van der Waals surface area contributed by atoms with Crippen molar-refractivity contribution in [2.75, 3.05) is 7.11 Å². The third-order valence-electron chi connectivity index (χ3n) is 3.60. The van der Waals surface area contributed by atoms with Gasteiger partial charge in [0.15, 0.2) is 11.5 Å². The van der Waals surface area contributed by atoms with Gasteiger partial charge in [-0.3, -0.25) is 4.79 Å². The number of hydrogen-bond donors (Lipinski definition) is 0. The van der Waals surface area contributed by atoms with Gasteiger partial charge in [-0.15, -0.1) is 11.3 Å². The molecule has 0 aliphatic rings. The van der Waals surface area contributed by atoms with E-state index in [0.717, 1.165) is 27.4 Å². The van der Waals surface area contributed by atoms with Crippen LogP contribution in [0.25, 0.3) is 10.6 Å². The SMILES string of the molecule is COc1ccc(C=O)cc1OCc1sc(-c2ccccc2)nc1C. The topological polar surface area (TPSA) is 48.4 Å². The number of carbonyl (C=O) groups is 1. The predicted molar refractivity (Wildman–Crippen MR) is 95.0 cm³/mol. The quantitative estimate of drug-likeness (QED) is 0.620. The molecule has 0 atom stereocenters. The standard InChI is InChI=1S/C19H17NO3S/c1-13-18(24-19(20-13)15-6-4-3-5-7-15)12-23-17-10-14(11-21)8-9-16(17)22-2/h3-11H,12H2,1-2H3. The molecule has 0 aliphatic carbocycles. The fourth-order valence-corrected chi connectivity index (χ4v) is 3.27. The van der Waals surface area contributed by atoms with Gasteiger partial charge in [-0.25, -0.2) is 4.98 Å². The molecule has 0 saturated carbocycles. The molecule has 0 aliphatic heterocycles. The lowest BCUT2D eigenvalue weighted by molar-refractivity contribution is 0.112. The number of methoxy groups -OCH3 is 1. The maximum atomic E-state index is 10.9. The van der Waals surface area contributed by atoms with Crippen LogP contribution in [0.15, 0.2) is 48.5 Å². The van der Waals surface area contributed by atoms with Crippen LogP contribution in [0.4, 0.5) is 0 Å². The Kier molecular flexibility index (Phi) is 4.91. The van der Waals surface area contributed by atoms with Crippen LogP contribution in [-0.4, -0.2) is 18.4 Å². The number of thiazole rings is 1. The molecule has 0 saturated heterocycles. The Morgan fingerprint density at radius 2 is 1.92 bits per heavy atom. The second-order valence-corrected chi connectivity index (χ2v) is 6.29. The number of nitrogens with zero attached hydrogens (tertiary/aromatic N) is 1. The maximum Gasteiger partial charge on any atom is 0.162 e. The number of ether oxygens (including phenoxy) is 2. The van der Waals surface area contributed by atoms with Crippen molar-refractivity contribution in [1.29, 1.82) is 0 Å². The van der Waals surface area contributed by atoms with Crippen molar-refractivity contribution < 1.29 is 14.3 Å². The van der Waals surface area contributed by atoms with Crippen LogP contribution < -0.4 is 9.47 Å². The zero-order chi connectivity index (χ0) is 16.9. The Morgan fingerprint density at radius 3 is 2.62 bits per heavy atom. The van der Waals surface area contributed by atoms with E-state index in [4.69, 9.17) is 9.47 Å². The van der Waals surface area contributed by atoms with Gasteiger partial charge in [0.25, 0.3) is 0 Å². The number of aldehydes is 1. The van der Waals surface area contributed by atoms with Crippen LogP contribution >= 0.6 is 11.3 Å². The molecule has 24 heavy (non-hydrogen) atoms. The van der Waals surface area contributed by atoms with Crippen molar-refractivity contribution >= 4 is 17.6 Å². The number of rotatable bonds is 6. The predicted octanol–water partition coefficient (Wildman–Crippen LogP) is 4.52. The van der Waals surface area contributed by atoms with Crippen LogP contribution in [0.3, 0.4) is 0 Å². The summed E-state index contributed by atoms with van der Waals surface area (Å²) in [5.74, 6) is 1.15. The number of benzene rings is 2. The Bertz CT molecular complexity index is 843. The molecule has 5 heteroatoms. The molecule has 0 unspecified atom stereocenters. The highest BCUT2D eigenvalue weighted by atomic mass is 32.1. The van der Waals surface area contributed by atoms with Crippen molar-refractivity contribution in [1.82, 2.24) is 4.98 Å². The molecule has 0 fully saturated rings. The Balaban J connectivity index is 1.80. The van der Waals surface area contributed by atoms with E-state index in [9.17, 15) is 4.79 Å². The van der Waals surface area contributed by atoms with Crippen LogP contribution in [0.5, 0.6) is 11.5 Å². The zero-order valence-electron chi connectivity index (χ0n) is 13.5. The van der Waals surface area contributed by atoms with E-state index in [1.54, 1.807) is 36.6 Å². The molecule has 2 aromatic carbocycles. The fourth-order valence-electron chi connectivity index (χ4n) is 2.29. The first-order valence-corrected chi connectivity index (χ1v) is 8.30. The molecule has 0 spiro atoms. The highest BCUT2D eigenvalue weighted by molar-refractivity contribution is 7.15. The summed E-state index contributed by atoms with van der Waals surface area (Å²) in [6, 6.07) is 15.2. The summed E-state index contributed by atoms with van der Waals surface area (Å²) in [5.41, 5.74) is 2.60. The molecule has 0 radical (unpaired) electrons. The van der Waals surface area contributed by atoms with E-state index in [1.807, 2.05) is 37.3 Å². The Labute approximate surface area is 144 Å². The number of carbonyl (C=O) groups excluding carboxylic acids is 1. The first kappa shape index (κ1) is 16.2. The zero-order valence-corrected chi connectivity index (χ0v) is 14.3. The van der Waals surface area contributed by atoms with Crippen LogP contribution in [0, 0.1) is 6.92 Å². The maximum absolute atomic E-state index is 10.9. The van der Waals surface area contributed by atoms with Crippen molar-refractivity contribution in [2.45, 2.75) is 13.5 Å². The van der Waals surface area contributed by atoms with E-state index < -0.39 is 0 Å². The molecule has 0 N–H and O–H groups in total. The molecule has 1 heterocycles. The van der Waals surface area contributed by atoms with Gasteiger partial charge < -0.3 is 9.47 Å².